The van der Waals surface area contributed by atoms with Gasteiger partial charge in [0.15, 0.2) is 5.82 Å². The molecule has 1 aromatic carbocycles. The summed E-state index contributed by atoms with van der Waals surface area (Å²) in [5.41, 5.74) is 2.39. The summed E-state index contributed by atoms with van der Waals surface area (Å²) in [5, 5.41) is 7.66. The van der Waals surface area contributed by atoms with E-state index in [1.165, 1.54) is 5.69 Å². The molecule has 5 nitrogen and oxygen atoms in total. The molecular weight excluding hydrogens is 238 g/mol. The maximum Gasteiger partial charge on any atom is 0.158 e. The molecule has 0 aliphatic carbocycles. The molecule has 5 heteroatoms. The van der Waals surface area contributed by atoms with Crippen LogP contribution in [0.1, 0.15) is 5.82 Å². The zero-order valence-corrected chi connectivity index (χ0v) is 11.4. The van der Waals surface area contributed by atoms with E-state index in [0.717, 1.165) is 43.4 Å². The molecule has 19 heavy (non-hydrogen) atoms. The Kier molecular flexibility index (Phi) is 3.21. The zero-order chi connectivity index (χ0) is 13.2. The van der Waals surface area contributed by atoms with Crippen molar-refractivity contribution >= 4 is 5.69 Å². The lowest BCUT2D eigenvalue weighted by Gasteiger charge is -2.29. The summed E-state index contributed by atoms with van der Waals surface area (Å²) in [6.07, 6.45) is 0. The molecule has 0 bridgehead atoms. The molecule has 1 aliphatic rings. The number of aryl methyl sites for hydroxylation is 2. The van der Waals surface area contributed by atoms with Crippen LogP contribution in [0.3, 0.4) is 0 Å². The van der Waals surface area contributed by atoms with Crippen molar-refractivity contribution in [3.63, 3.8) is 0 Å². The third-order valence-corrected chi connectivity index (χ3v) is 3.48. The predicted octanol–water partition coefficient (Wildman–Crippen LogP) is 1.20. The summed E-state index contributed by atoms with van der Waals surface area (Å²) in [6.45, 7) is 6.18. The summed E-state index contributed by atoms with van der Waals surface area (Å²) in [4.78, 5) is 6.86. The van der Waals surface area contributed by atoms with Gasteiger partial charge in [-0.2, -0.15) is 5.10 Å². The smallest absolute Gasteiger partial charge is 0.158 e. The average molecular weight is 257 g/mol. The Morgan fingerprint density at radius 3 is 2.37 bits per heavy atom. The van der Waals surface area contributed by atoms with E-state index < -0.39 is 0 Å². The van der Waals surface area contributed by atoms with Crippen LogP contribution in [0.2, 0.25) is 0 Å². The molecule has 0 spiro atoms. The van der Waals surface area contributed by atoms with Gasteiger partial charge in [0.05, 0.1) is 0 Å². The van der Waals surface area contributed by atoms with Gasteiger partial charge in [0, 0.05) is 44.5 Å². The van der Waals surface area contributed by atoms with Gasteiger partial charge in [0.2, 0.25) is 0 Å². The molecule has 1 aromatic heterocycles. The number of anilines is 1. The summed E-state index contributed by atoms with van der Waals surface area (Å²) in [5.74, 6) is 1.73. The first-order valence-electron chi connectivity index (χ1n) is 6.68. The van der Waals surface area contributed by atoms with Gasteiger partial charge >= 0.3 is 0 Å². The van der Waals surface area contributed by atoms with Gasteiger partial charge in [0.1, 0.15) is 5.82 Å². The average Bonchev–Trinajstić information content (AvgIpc) is 2.79. The predicted molar refractivity (Wildman–Crippen MR) is 76.3 cm³/mol. The highest BCUT2D eigenvalue weighted by Crippen LogP contribution is 2.21. The standard InChI is InChI=1S/C14H19N5/c1-11-16-14(18(2)17-11)12-3-5-13(6-4-12)19-9-7-15-8-10-19/h3-6,15H,7-10H2,1-2H3. The van der Waals surface area contributed by atoms with Gasteiger partial charge in [-0.1, -0.05) is 0 Å². The second-order valence-electron chi connectivity index (χ2n) is 4.89. The lowest BCUT2D eigenvalue weighted by atomic mass is 10.1. The molecular formula is C14H19N5. The van der Waals surface area contributed by atoms with Crippen LogP contribution in [0, 0.1) is 6.92 Å². The van der Waals surface area contributed by atoms with E-state index in [4.69, 9.17) is 0 Å². The van der Waals surface area contributed by atoms with Crippen molar-refractivity contribution in [3.05, 3.63) is 30.1 Å². The molecule has 1 N–H and O–H groups in total. The molecule has 1 fully saturated rings. The van der Waals surface area contributed by atoms with Gasteiger partial charge in [-0.05, 0) is 31.2 Å². The van der Waals surface area contributed by atoms with Crippen LogP contribution in [0.4, 0.5) is 5.69 Å². The van der Waals surface area contributed by atoms with E-state index in [-0.39, 0.29) is 0 Å². The minimum absolute atomic E-state index is 0.809. The number of rotatable bonds is 2. The van der Waals surface area contributed by atoms with E-state index in [1.54, 1.807) is 0 Å². The molecule has 100 valence electrons. The molecule has 2 aromatic rings. The fraction of sp³-hybridized carbons (Fsp3) is 0.429. The Morgan fingerprint density at radius 2 is 1.79 bits per heavy atom. The van der Waals surface area contributed by atoms with E-state index >= 15 is 0 Å². The molecule has 3 rings (SSSR count). The topological polar surface area (TPSA) is 46.0 Å². The van der Waals surface area contributed by atoms with Crippen molar-refractivity contribution in [1.29, 1.82) is 0 Å². The number of benzene rings is 1. The number of piperazine rings is 1. The van der Waals surface area contributed by atoms with E-state index in [2.05, 4.69) is 44.6 Å². The number of hydrogen-bond donors (Lipinski definition) is 1. The monoisotopic (exact) mass is 257 g/mol. The first kappa shape index (κ1) is 12.2. The fourth-order valence-corrected chi connectivity index (χ4v) is 2.51. The Labute approximate surface area is 113 Å². The maximum absolute atomic E-state index is 4.45. The van der Waals surface area contributed by atoms with Crippen LogP contribution >= 0.6 is 0 Å². The normalized spacial score (nSPS) is 15.8. The van der Waals surface area contributed by atoms with Gasteiger partial charge < -0.3 is 10.2 Å². The van der Waals surface area contributed by atoms with Gasteiger partial charge in [-0.15, -0.1) is 0 Å². The largest absolute Gasteiger partial charge is 0.369 e. The number of hydrogen-bond acceptors (Lipinski definition) is 4. The fourth-order valence-electron chi connectivity index (χ4n) is 2.51. The molecule has 0 amide bonds. The molecule has 0 radical (unpaired) electrons. The Bertz CT molecular complexity index is 552. The molecule has 1 aliphatic heterocycles. The maximum atomic E-state index is 4.45. The second kappa shape index (κ2) is 5.01. The third-order valence-electron chi connectivity index (χ3n) is 3.48. The molecule has 0 unspecified atom stereocenters. The highest BCUT2D eigenvalue weighted by Gasteiger charge is 2.11. The van der Waals surface area contributed by atoms with Crippen molar-refractivity contribution in [1.82, 2.24) is 20.1 Å². The van der Waals surface area contributed by atoms with Crippen molar-refractivity contribution in [2.24, 2.45) is 7.05 Å². The lowest BCUT2D eigenvalue weighted by Crippen LogP contribution is -2.43. The van der Waals surface area contributed by atoms with Gasteiger partial charge in [0.25, 0.3) is 0 Å². The van der Waals surface area contributed by atoms with Gasteiger partial charge in [-0.25, -0.2) is 9.67 Å². The van der Waals surface area contributed by atoms with Gasteiger partial charge in [-0.3, -0.25) is 0 Å². The minimum atomic E-state index is 0.809. The molecule has 0 saturated carbocycles. The number of nitrogens with zero attached hydrogens (tertiary/aromatic N) is 4. The first-order valence-corrected chi connectivity index (χ1v) is 6.68. The zero-order valence-electron chi connectivity index (χ0n) is 11.4. The SMILES string of the molecule is Cc1nc(-c2ccc(N3CCNCC3)cc2)n(C)n1. The third kappa shape index (κ3) is 2.46. The summed E-state index contributed by atoms with van der Waals surface area (Å²) in [7, 11) is 1.93. The van der Waals surface area contributed by atoms with E-state index in [9.17, 15) is 0 Å². The molecule has 2 heterocycles. The van der Waals surface area contributed by atoms with Crippen LogP contribution in [0.5, 0.6) is 0 Å². The second-order valence-corrected chi connectivity index (χ2v) is 4.89. The number of aromatic nitrogens is 3. The van der Waals surface area contributed by atoms with E-state index in [0.29, 0.717) is 0 Å². The van der Waals surface area contributed by atoms with Crippen molar-refractivity contribution in [2.45, 2.75) is 6.92 Å². The van der Waals surface area contributed by atoms with Crippen LogP contribution in [0.15, 0.2) is 24.3 Å². The highest BCUT2D eigenvalue weighted by molar-refractivity contribution is 5.60. The van der Waals surface area contributed by atoms with E-state index in [1.807, 2.05) is 18.7 Å². The van der Waals surface area contributed by atoms with Crippen LogP contribution in [0.25, 0.3) is 11.4 Å². The van der Waals surface area contributed by atoms with Crippen LogP contribution in [-0.4, -0.2) is 40.9 Å². The van der Waals surface area contributed by atoms with Crippen molar-refractivity contribution in [3.8, 4) is 11.4 Å². The van der Waals surface area contributed by atoms with Crippen molar-refractivity contribution in [2.75, 3.05) is 31.1 Å². The Hall–Kier alpha value is -1.88. The molecule has 0 atom stereocenters. The lowest BCUT2D eigenvalue weighted by molar-refractivity contribution is 0.589. The molecule has 1 saturated heterocycles. The van der Waals surface area contributed by atoms with Crippen LogP contribution < -0.4 is 10.2 Å². The first-order chi connectivity index (χ1) is 9.24. The summed E-state index contributed by atoms with van der Waals surface area (Å²) < 4.78 is 1.83. The summed E-state index contributed by atoms with van der Waals surface area (Å²) in [6, 6.07) is 8.59. The quantitative estimate of drug-likeness (QED) is 0.878. The van der Waals surface area contributed by atoms with Crippen LogP contribution in [-0.2, 0) is 7.05 Å². The Balaban J connectivity index is 1.84. The van der Waals surface area contributed by atoms with Crippen molar-refractivity contribution < 1.29 is 0 Å². The minimum Gasteiger partial charge on any atom is -0.369 e. The Morgan fingerprint density at radius 1 is 1.11 bits per heavy atom. The highest BCUT2D eigenvalue weighted by atomic mass is 15.3. The summed E-state index contributed by atoms with van der Waals surface area (Å²) >= 11 is 0. The number of nitrogens with one attached hydrogen (secondary N) is 1.